The highest BCUT2D eigenvalue weighted by molar-refractivity contribution is 7.92. The molecule has 0 radical (unpaired) electrons. The number of piperidine rings is 1. The lowest BCUT2D eigenvalue weighted by Gasteiger charge is -2.37. The van der Waals surface area contributed by atoms with E-state index in [1.165, 1.54) is 26.4 Å². The lowest BCUT2D eigenvalue weighted by atomic mass is 9.64. The number of amides is 2. The van der Waals surface area contributed by atoms with Crippen molar-refractivity contribution in [2.75, 3.05) is 37.3 Å². The number of carbonyl (C=O) groups is 2. The molecule has 2 aromatic rings. The van der Waals surface area contributed by atoms with Gasteiger partial charge in [0.2, 0.25) is 5.91 Å². The summed E-state index contributed by atoms with van der Waals surface area (Å²) in [4.78, 5) is 27.5. The van der Waals surface area contributed by atoms with Gasteiger partial charge in [0, 0.05) is 30.5 Å². The predicted molar refractivity (Wildman–Crippen MR) is 151 cm³/mol. The van der Waals surface area contributed by atoms with Crippen molar-refractivity contribution in [1.82, 2.24) is 4.90 Å². The van der Waals surface area contributed by atoms with Crippen molar-refractivity contribution >= 4 is 33.4 Å². The molecule has 0 atom stereocenters. The fraction of sp³-hybridized carbons (Fsp3) is 0.517. The zero-order chi connectivity index (χ0) is 28.9. The minimum Gasteiger partial charge on any atom is -0.497 e. The molecule has 3 aliphatic rings. The lowest BCUT2D eigenvalue weighted by molar-refractivity contribution is -0.123. The van der Waals surface area contributed by atoms with Crippen LogP contribution in [0.2, 0.25) is 0 Å². The number of nitrogens with one attached hydrogen (secondary N) is 2. The maximum atomic E-state index is 13.5. The molecule has 1 saturated carbocycles. The Morgan fingerprint density at radius 2 is 1.77 bits per heavy atom. The maximum absolute atomic E-state index is 13.5. The number of carbonyl (C=O) groups excluding carboxylic acids is 2. The second-order valence-corrected chi connectivity index (χ2v) is 13.4. The lowest BCUT2D eigenvalue weighted by Crippen LogP contribution is -2.41. The van der Waals surface area contributed by atoms with Crippen LogP contribution in [-0.2, 0) is 25.0 Å². The fourth-order valence-electron chi connectivity index (χ4n) is 5.85. The van der Waals surface area contributed by atoms with Crippen molar-refractivity contribution in [2.45, 2.75) is 74.7 Å². The maximum Gasteiger partial charge on any atom is 0.410 e. The van der Waals surface area contributed by atoms with Gasteiger partial charge in [-0.3, -0.25) is 9.52 Å². The number of likely N-dealkylation sites (tertiary alicyclic amines) is 1. The van der Waals surface area contributed by atoms with Crippen molar-refractivity contribution in [3.63, 3.8) is 0 Å². The number of sulfonamides is 1. The van der Waals surface area contributed by atoms with Crippen LogP contribution in [0.3, 0.4) is 0 Å². The van der Waals surface area contributed by atoms with Crippen LogP contribution in [-0.4, -0.2) is 58.2 Å². The number of rotatable bonds is 6. The number of hydrogen-bond acceptors (Lipinski definition) is 7. The minimum atomic E-state index is -4.03. The first-order valence-electron chi connectivity index (χ1n) is 13.6. The van der Waals surface area contributed by atoms with Crippen molar-refractivity contribution in [1.29, 1.82) is 0 Å². The van der Waals surface area contributed by atoms with Gasteiger partial charge in [-0.1, -0.05) is 6.42 Å². The third kappa shape index (κ3) is 5.07. The molecule has 2 aliphatic heterocycles. The summed E-state index contributed by atoms with van der Waals surface area (Å²) in [6, 6.07) is 8.14. The van der Waals surface area contributed by atoms with E-state index in [9.17, 15) is 18.0 Å². The number of methoxy groups -OCH3 is 2. The third-order valence-electron chi connectivity index (χ3n) is 8.06. The summed E-state index contributed by atoms with van der Waals surface area (Å²) in [5.41, 5.74) is 1.71. The number of hydrogen-bond donors (Lipinski definition) is 2. The van der Waals surface area contributed by atoms with Gasteiger partial charge in [0.1, 0.15) is 22.0 Å². The smallest absolute Gasteiger partial charge is 0.410 e. The first-order chi connectivity index (χ1) is 18.9. The summed E-state index contributed by atoms with van der Waals surface area (Å²) < 4.78 is 45.9. The van der Waals surface area contributed by atoms with Crippen LogP contribution in [0.25, 0.3) is 0 Å². The zero-order valence-corrected chi connectivity index (χ0v) is 24.4. The van der Waals surface area contributed by atoms with E-state index in [2.05, 4.69) is 10.0 Å². The molecular weight excluding hydrogens is 534 g/mol. The van der Waals surface area contributed by atoms with Gasteiger partial charge >= 0.3 is 6.09 Å². The molecule has 1 spiro atoms. The standard InChI is InChI=1S/C29H37N3O7S/c1-28(2,3)39-27(34)32-13-9-18(10-14-32)21-15-19(16-22-25(21)30-26(33)29(22)11-6-12-29)31-40(35,36)24-8-7-20(37-4)17-23(24)38-5/h7-8,15-18,31H,6,9-14H2,1-5H3,(H,30,33). The Morgan fingerprint density at radius 1 is 1.07 bits per heavy atom. The van der Waals surface area contributed by atoms with E-state index < -0.39 is 21.0 Å². The van der Waals surface area contributed by atoms with Crippen LogP contribution in [0, 0.1) is 0 Å². The van der Waals surface area contributed by atoms with Gasteiger partial charge in [0.25, 0.3) is 10.0 Å². The second kappa shape index (κ2) is 10.2. The molecule has 1 aliphatic carbocycles. The summed E-state index contributed by atoms with van der Waals surface area (Å²) in [6.07, 6.45) is 3.38. The third-order valence-corrected chi connectivity index (χ3v) is 9.48. The van der Waals surface area contributed by atoms with Gasteiger partial charge in [-0.15, -0.1) is 0 Å². The first-order valence-corrected chi connectivity index (χ1v) is 15.1. The summed E-state index contributed by atoms with van der Waals surface area (Å²) in [6.45, 7) is 6.54. The molecule has 216 valence electrons. The van der Waals surface area contributed by atoms with Gasteiger partial charge in [-0.05, 0) is 87.8 Å². The Bertz CT molecular complexity index is 1440. The Balaban J connectivity index is 1.47. The van der Waals surface area contributed by atoms with Crippen LogP contribution in [0.4, 0.5) is 16.2 Å². The molecular formula is C29H37N3O7S. The quantitative estimate of drug-likeness (QED) is 0.501. The largest absolute Gasteiger partial charge is 0.497 e. The number of anilines is 2. The average Bonchev–Trinajstić information content (AvgIpc) is 3.18. The van der Waals surface area contributed by atoms with Crippen LogP contribution in [0.5, 0.6) is 11.5 Å². The topological polar surface area (TPSA) is 123 Å². The van der Waals surface area contributed by atoms with Crippen molar-refractivity contribution in [2.24, 2.45) is 0 Å². The molecule has 10 nitrogen and oxygen atoms in total. The van der Waals surface area contributed by atoms with E-state index in [1.54, 1.807) is 17.0 Å². The van der Waals surface area contributed by atoms with Crippen LogP contribution < -0.4 is 19.5 Å². The van der Waals surface area contributed by atoms with E-state index in [-0.39, 0.29) is 28.6 Å². The van der Waals surface area contributed by atoms with Gasteiger partial charge < -0.3 is 24.4 Å². The second-order valence-electron chi connectivity index (χ2n) is 11.7. The monoisotopic (exact) mass is 571 g/mol. The molecule has 0 unspecified atom stereocenters. The SMILES string of the molecule is COc1ccc(S(=O)(=O)Nc2cc(C3CCN(C(=O)OC(C)(C)C)CC3)c3c(c2)C2(CCC2)C(=O)N3)c(OC)c1. The summed E-state index contributed by atoms with van der Waals surface area (Å²) in [5.74, 6) is 0.640. The van der Waals surface area contributed by atoms with Gasteiger partial charge in [-0.2, -0.15) is 0 Å². The van der Waals surface area contributed by atoms with Gasteiger partial charge in [-0.25, -0.2) is 13.2 Å². The highest BCUT2D eigenvalue weighted by Gasteiger charge is 2.52. The average molecular weight is 572 g/mol. The Labute approximate surface area is 235 Å². The number of ether oxygens (including phenoxy) is 3. The summed E-state index contributed by atoms with van der Waals surface area (Å²) in [5, 5.41) is 3.12. The molecule has 1 saturated heterocycles. The summed E-state index contributed by atoms with van der Waals surface area (Å²) >= 11 is 0. The van der Waals surface area contributed by atoms with Gasteiger partial charge in [0.15, 0.2) is 0 Å². The molecule has 0 aromatic heterocycles. The number of benzene rings is 2. The van der Waals surface area contributed by atoms with Crippen molar-refractivity contribution in [3.05, 3.63) is 41.5 Å². The normalized spacial score (nSPS) is 18.5. The Kier molecular flexibility index (Phi) is 7.14. The van der Waals surface area contributed by atoms with E-state index in [0.29, 0.717) is 37.4 Å². The molecule has 11 heteroatoms. The van der Waals surface area contributed by atoms with Crippen molar-refractivity contribution in [3.8, 4) is 11.5 Å². The molecule has 2 amide bonds. The van der Waals surface area contributed by atoms with Crippen LogP contribution >= 0.6 is 0 Å². The fourth-order valence-corrected chi connectivity index (χ4v) is 7.04. The van der Waals surface area contributed by atoms with E-state index >= 15 is 0 Å². The summed E-state index contributed by atoms with van der Waals surface area (Å²) in [7, 11) is -1.13. The number of fused-ring (bicyclic) bond motifs is 2. The van der Waals surface area contributed by atoms with Crippen molar-refractivity contribution < 1.29 is 32.2 Å². The Hall–Kier alpha value is -3.47. The molecule has 2 aromatic carbocycles. The molecule has 40 heavy (non-hydrogen) atoms. The predicted octanol–water partition coefficient (Wildman–Crippen LogP) is 4.99. The van der Waals surface area contributed by atoms with Gasteiger partial charge in [0.05, 0.1) is 19.6 Å². The Morgan fingerprint density at radius 3 is 2.35 bits per heavy atom. The molecule has 0 bridgehead atoms. The highest BCUT2D eigenvalue weighted by Crippen LogP contribution is 2.54. The number of nitrogens with zero attached hydrogens (tertiary/aromatic N) is 1. The molecule has 2 fully saturated rings. The van der Waals surface area contributed by atoms with Crippen LogP contribution in [0.1, 0.15) is 69.9 Å². The van der Waals surface area contributed by atoms with E-state index in [1.807, 2.05) is 26.8 Å². The highest BCUT2D eigenvalue weighted by atomic mass is 32.2. The molecule has 2 N–H and O–H groups in total. The zero-order valence-electron chi connectivity index (χ0n) is 23.6. The first kappa shape index (κ1) is 28.1. The van der Waals surface area contributed by atoms with Crippen LogP contribution in [0.15, 0.2) is 35.2 Å². The molecule has 5 rings (SSSR count). The minimum absolute atomic E-state index is 0.0175. The van der Waals surface area contributed by atoms with E-state index in [4.69, 9.17) is 14.2 Å². The van der Waals surface area contributed by atoms with E-state index in [0.717, 1.165) is 36.1 Å². The molecule has 2 heterocycles.